The molecular formula is C30H42N2O6. The number of likely N-dealkylation sites (tertiary alicyclic amines) is 1. The van der Waals surface area contributed by atoms with E-state index in [9.17, 15) is 9.90 Å². The normalized spacial score (nSPS) is 21.0. The molecule has 38 heavy (non-hydrogen) atoms. The molecule has 0 saturated carbocycles. The molecular weight excluding hydrogens is 484 g/mol. The van der Waals surface area contributed by atoms with Gasteiger partial charge in [-0.25, -0.2) is 0 Å². The molecule has 1 N–H and O–H groups in total. The van der Waals surface area contributed by atoms with Gasteiger partial charge < -0.3 is 29.0 Å². The van der Waals surface area contributed by atoms with Crippen molar-refractivity contribution in [3.63, 3.8) is 0 Å². The number of benzene rings is 2. The number of methoxy groups -OCH3 is 1. The number of aliphatic hydroxyl groups is 1. The molecule has 0 unspecified atom stereocenters. The maximum Gasteiger partial charge on any atom is 0.222 e. The summed E-state index contributed by atoms with van der Waals surface area (Å²) < 4.78 is 23.2. The molecule has 2 heterocycles. The highest BCUT2D eigenvalue weighted by Crippen LogP contribution is 2.29. The van der Waals surface area contributed by atoms with Gasteiger partial charge in [-0.05, 0) is 56.0 Å². The Morgan fingerprint density at radius 2 is 1.87 bits per heavy atom. The minimum absolute atomic E-state index is 0.158. The molecule has 0 bridgehead atoms. The summed E-state index contributed by atoms with van der Waals surface area (Å²) in [5.41, 5.74) is 1.12. The topological polar surface area (TPSA) is 80.7 Å². The van der Waals surface area contributed by atoms with Crippen LogP contribution in [0.1, 0.15) is 43.2 Å². The molecule has 0 aromatic heterocycles. The van der Waals surface area contributed by atoms with Gasteiger partial charge in [0.2, 0.25) is 5.91 Å². The van der Waals surface area contributed by atoms with Crippen molar-refractivity contribution in [2.75, 3.05) is 59.7 Å². The fourth-order valence-corrected chi connectivity index (χ4v) is 4.97. The summed E-state index contributed by atoms with van der Waals surface area (Å²) in [6, 6.07) is 13.8. The molecule has 2 saturated heterocycles. The molecule has 1 amide bonds. The van der Waals surface area contributed by atoms with E-state index < -0.39 is 5.60 Å². The third kappa shape index (κ3) is 8.35. The van der Waals surface area contributed by atoms with Crippen LogP contribution in [0.2, 0.25) is 0 Å². The van der Waals surface area contributed by atoms with Crippen molar-refractivity contribution >= 4 is 5.91 Å². The standard InChI is InChI=1S/C30H42N2O6/c1-24-8-11-26(12-9-24)38-23-30(34)21-31(16-18-36-22-30)20-25-10-13-27(28(19-25)35-2)37-17-6-15-32-14-5-3-4-7-29(32)33/h8-13,19,34H,3-7,14-18,20-23H2,1-2H3/t30-/m0/s1. The second-order valence-corrected chi connectivity index (χ2v) is 10.5. The van der Waals surface area contributed by atoms with Gasteiger partial charge in [0.15, 0.2) is 11.5 Å². The van der Waals surface area contributed by atoms with Crippen molar-refractivity contribution in [3.05, 3.63) is 53.6 Å². The molecule has 0 spiro atoms. The highest BCUT2D eigenvalue weighted by Gasteiger charge is 2.33. The molecule has 2 fully saturated rings. The number of amides is 1. The monoisotopic (exact) mass is 526 g/mol. The van der Waals surface area contributed by atoms with E-state index in [1.54, 1.807) is 7.11 Å². The average Bonchev–Trinajstić information content (AvgIpc) is 3.24. The quantitative estimate of drug-likeness (QED) is 0.446. The van der Waals surface area contributed by atoms with Crippen LogP contribution in [0.3, 0.4) is 0 Å². The minimum Gasteiger partial charge on any atom is -0.493 e. The van der Waals surface area contributed by atoms with Gasteiger partial charge in [0.05, 0.1) is 26.9 Å². The van der Waals surface area contributed by atoms with Crippen molar-refractivity contribution < 1.29 is 28.8 Å². The third-order valence-electron chi connectivity index (χ3n) is 7.10. The van der Waals surface area contributed by atoms with E-state index in [0.29, 0.717) is 50.8 Å². The lowest BCUT2D eigenvalue weighted by Crippen LogP contribution is -2.48. The Morgan fingerprint density at radius 1 is 1.03 bits per heavy atom. The predicted molar refractivity (Wildman–Crippen MR) is 146 cm³/mol. The molecule has 0 aliphatic carbocycles. The van der Waals surface area contributed by atoms with Crippen molar-refractivity contribution in [1.29, 1.82) is 0 Å². The van der Waals surface area contributed by atoms with Gasteiger partial charge in [-0.2, -0.15) is 0 Å². The fourth-order valence-electron chi connectivity index (χ4n) is 4.97. The van der Waals surface area contributed by atoms with E-state index in [0.717, 1.165) is 55.6 Å². The summed E-state index contributed by atoms with van der Waals surface area (Å²) in [5.74, 6) is 2.37. The van der Waals surface area contributed by atoms with Crippen LogP contribution in [0.4, 0.5) is 0 Å². The number of β-amino-alcohol motifs (C(OH)–C–C–N with tert-alkyl or cyclic N) is 1. The van der Waals surface area contributed by atoms with Crippen molar-refractivity contribution in [1.82, 2.24) is 9.80 Å². The molecule has 8 heteroatoms. The molecule has 208 valence electrons. The van der Waals surface area contributed by atoms with Crippen LogP contribution >= 0.6 is 0 Å². The van der Waals surface area contributed by atoms with Crippen LogP contribution in [-0.2, 0) is 16.1 Å². The largest absolute Gasteiger partial charge is 0.493 e. The molecule has 2 aliphatic rings. The lowest BCUT2D eigenvalue weighted by Gasteiger charge is -2.30. The highest BCUT2D eigenvalue weighted by atomic mass is 16.5. The van der Waals surface area contributed by atoms with E-state index in [1.165, 1.54) is 0 Å². The number of aryl methyl sites for hydroxylation is 1. The van der Waals surface area contributed by atoms with Gasteiger partial charge in [0.1, 0.15) is 18.0 Å². The Kier molecular flexibility index (Phi) is 10.3. The first kappa shape index (κ1) is 28.2. The zero-order chi connectivity index (χ0) is 26.8. The Hall–Kier alpha value is -2.81. The summed E-state index contributed by atoms with van der Waals surface area (Å²) in [5, 5.41) is 11.2. The molecule has 4 rings (SSSR count). The summed E-state index contributed by atoms with van der Waals surface area (Å²) in [6.45, 7) is 6.87. The summed E-state index contributed by atoms with van der Waals surface area (Å²) >= 11 is 0. The summed E-state index contributed by atoms with van der Waals surface area (Å²) in [6.07, 6.45) is 4.67. The van der Waals surface area contributed by atoms with E-state index in [2.05, 4.69) is 4.90 Å². The Balaban J connectivity index is 1.29. The first-order chi connectivity index (χ1) is 18.4. The van der Waals surface area contributed by atoms with Crippen LogP contribution in [0.25, 0.3) is 0 Å². The SMILES string of the molecule is COc1cc(CN2CCOC[C@](O)(COc3ccc(C)cc3)C2)ccc1OCCCN1CCCCCC1=O. The van der Waals surface area contributed by atoms with E-state index >= 15 is 0 Å². The lowest BCUT2D eigenvalue weighted by atomic mass is 10.1. The number of carbonyl (C=O) groups excluding carboxylic acids is 1. The van der Waals surface area contributed by atoms with Gasteiger partial charge in [0, 0.05) is 39.1 Å². The first-order valence-corrected chi connectivity index (χ1v) is 13.7. The number of hydrogen-bond donors (Lipinski definition) is 1. The van der Waals surface area contributed by atoms with E-state index in [4.69, 9.17) is 18.9 Å². The summed E-state index contributed by atoms with van der Waals surface area (Å²) in [4.78, 5) is 16.3. The second kappa shape index (κ2) is 13.8. The Morgan fingerprint density at radius 3 is 2.68 bits per heavy atom. The van der Waals surface area contributed by atoms with Gasteiger partial charge in [-0.1, -0.05) is 30.2 Å². The molecule has 1 atom stereocenters. The van der Waals surface area contributed by atoms with Crippen LogP contribution in [0.15, 0.2) is 42.5 Å². The van der Waals surface area contributed by atoms with Crippen LogP contribution < -0.4 is 14.2 Å². The number of nitrogens with zero attached hydrogens (tertiary/aromatic N) is 2. The zero-order valence-corrected chi connectivity index (χ0v) is 22.8. The molecule has 2 aromatic rings. The lowest BCUT2D eigenvalue weighted by molar-refractivity contribution is -0.130. The first-order valence-electron chi connectivity index (χ1n) is 13.7. The van der Waals surface area contributed by atoms with Crippen molar-refractivity contribution in [2.24, 2.45) is 0 Å². The maximum atomic E-state index is 12.2. The predicted octanol–water partition coefficient (Wildman–Crippen LogP) is 3.82. The van der Waals surface area contributed by atoms with Gasteiger partial charge in [-0.3, -0.25) is 9.69 Å². The van der Waals surface area contributed by atoms with E-state index in [-0.39, 0.29) is 19.1 Å². The Bertz CT molecular complexity index is 1030. The van der Waals surface area contributed by atoms with Crippen molar-refractivity contribution in [2.45, 2.75) is 51.2 Å². The number of rotatable bonds is 11. The molecule has 2 aromatic carbocycles. The minimum atomic E-state index is -1.11. The maximum absolute atomic E-state index is 12.2. The van der Waals surface area contributed by atoms with E-state index in [1.807, 2.05) is 54.3 Å². The average molecular weight is 527 g/mol. The van der Waals surface area contributed by atoms with Crippen LogP contribution in [-0.4, -0.2) is 86.1 Å². The number of hydrogen-bond acceptors (Lipinski definition) is 7. The van der Waals surface area contributed by atoms with Gasteiger partial charge >= 0.3 is 0 Å². The summed E-state index contributed by atoms with van der Waals surface area (Å²) in [7, 11) is 1.64. The highest BCUT2D eigenvalue weighted by molar-refractivity contribution is 5.76. The third-order valence-corrected chi connectivity index (χ3v) is 7.10. The molecule has 8 nitrogen and oxygen atoms in total. The molecule has 0 radical (unpaired) electrons. The van der Waals surface area contributed by atoms with Crippen LogP contribution in [0, 0.1) is 6.92 Å². The zero-order valence-electron chi connectivity index (χ0n) is 22.8. The van der Waals surface area contributed by atoms with Gasteiger partial charge in [-0.15, -0.1) is 0 Å². The number of carbonyl (C=O) groups is 1. The molecule has 2 aliphatic heterocycles. The van der Waals surface area contributed by atoms with Crippen molar-refractivity contribution in [3.8, 4) is 17.2 Å². The van der Waals surface area contributed by atoms with Crippen LogP contribution in [0.5, 0.6) is 17.2 Å². The second-order valence-electron chi connectivity index (χ2n) is 10.5. The Labute approximate surface area is 226 Å². The fraction of sp³-hybridized carbons (Fsp3) is 0.567. The number of ether oxygens (including phenoxy) is 4. The van der Waals surface area contributed by atoms with Gasteiger partial charge in [0.25, 0.3) is 0 Å². The smallest absolute Gasteiger partial charge is 0.222 e.